The fourth-order valence-electron chi connectivity index (χ4n) is 4.33. The summed E-state index contributed by atoms with van der Waals surface area (Å²) in [5.41, 5.74) is 6.58. The third-order valence-corrected chi connectivity index (χ3v) is 5.85. The summed E-state index contributed by atoms with van der Waals surface area (Å²) < 4.78 is 46.5. The van der Waals surface area contributed by atoms with E-state index in [-0.39, 0.29) is 6.54 Å². The molecule has 4 rings (SSSR count). The van der Waals surface area contributed by atoms with Gasteiger partial charge in [-0.25, -0.2) is 5.43 Å². The minimum Gasteiger partial charge on any atom is -0.492 e. The van der Waals surface area contributed by atoms with Crippen molar-refractivity contribution in [3.63, 3.8) is 0 Å². The largest absolute Gasteiger partial charge is 0.492 e. The number of hydrogen-bond acceptors (Lipinski definition) is 6. The van der Waals surface area contributed by atoms with E-state index in [2.05, 4.69) is 21.1 Å². The Balaban J connectivity index is 1.42. The summed E-state index contributed by atoms with van der Waals surface area (Å²) in [6, 6.07) is 4.70. The Morgan fingerprint density at radius 3 is 2.72 bits per heavy atom. The Bertz CT molecular complexity index is 739. The van der Waals surface area contributed by atoms with Crippen molar-refractivity contribution in [1.29, 1.82) is 0 Å². The first-order valence-corrected chi connectivity index (χ1v) is 9.93. The van der Waals surface area contributed by atoms with Crippen LogP contribution in [0, 0.1) is 5.92 Å². The van der Waals surface area contributed by atoms with E-state index in [1.807, 2.05) is 18.2 Å². The smallest absolute Gasteiger partial charge is 0.402 e. The van der Waals surface area contributed by atoms with Gasteiger partial charge in [-0.05, 0) is 11.6 Å². The van der Waals surface area contributed by atoms with Crippen LogP contribution in [-0.4, -0.2) is 73.8 Å². The van der Waals surface area contributed by atoms with Gasteiger partial charge in [0.25, 0.3) is 0 Å². The molecule has 3 aliphatic heterocycles. The van der Waals surface area contributed by atoms with E-state index in [4.69, 9.17) is 4.74 Å². The minimum absolute atomic E-state index is 0.0447. The highest BCUT2D eigenvalue weighted by molar-refractivity contribution is 5.80. The maximum Gasteiger partial charge on any atom is 0.402 e. The molecule has 160 valence electrons. The quantitative estimate of drug-likeness (QED) is 0.652. The lowest BCUT2D eigenvalue weighted by Gasteiger charge is -2.38. The summed E-state index contributed by atoms with van der Waals surface area (Å²) in [7, 11) is 0. The van der Waals surface area contributed by atoms with Gasteiger partial charge in [-0.2, -0.15) is 13.2 Å². The number of hydrogen-bond donors (Lipinski definition) is 3. The van der Waals surface area contributed by atoms with Gasteiger partial charge >= 0.3 is 6.18 Å². The minimum atomic E-state index is -4.59. The fourth-order valence-corrected chi connectivity index (χ4v) is 4.33. The summed E-state index contributed by atoms with van der Waals surface area (Å²) in [5, 5.41) is 3.31. The molecular formula is C19H26F3N5O2. The zero-order valence-electron chi connectivity index (χ0n) is 16.1. The summed E-state index contributed by atoms with van der Waals surface area (Å²) in [6.45, 7) is 6.02. The number of nitrogens with zero attached hydrogens (tertiary/aromatic N) is 2. The third-order valence-electron chi connectivity index (χ3n) is 5.85. The second kappa shape index (κ2) is 8.47. The lowest BCUT2D eigenvalue weighted by molar-refractivity contribution is -0.201. The molecule has 2 fully saturated rings. The maximum atomic E-state index is 13.5. The van der Waals surface area contributed by atoms with Crippen LogP contribution in [0.25, 0.3) is 0 Å². The lowest BCUT2D eigenvalue weighted by atomic mass is 9.95. The molecule has 3 heterocycles. The van der Waals surface area contributed by atoms with Crippen LogP contribution in [0.5, 0.6) is 5.75 Å². The van der Waals surface area contributed by atoms with Gasteiger partial charge in [0.1, 0.15) is 12.4 Å². The summed E-state index contributed by atoms with van der Waals surface area (Å²) >= 11 is 0. The van der Waals surface area contributed by atoms with Gasteiger partial charge in [0, 0.05) is 64.0 Å². The number of amides is 1. The van der Waals surface area contributed by atoms with Crippen LogP contribution in [0.4, 0.5) is 13.2 Å². The number of halogens is 3. The fraction of sp³-hybridized carbons (Fsp3) is 0.632. The molecule has 1 aromatic carbocycles. The van der Waals surface area contributed by atoms with Crippen molar-refractivity contribution < 1.29 is 22.7 Å². The van der Waals surface area contributed by atoms with Crippen LogP contribution in [0.15, 0.2) is 18.2 Å². The molecule has 29 heavy (non-hydrogen) atoms. The number of fused-ring (bicyclic) bond motifs is 1. The van der Waals surface area contributed by atoms with E-state index < -0.39 is 24.0 Å². The summed E-state index contributed by atoms with van der Waals surface area (Å²) in [4.78, 5) is 15.9. The molecule has 0 aromatic heterocycles. The molecular weight excluding hydrogens is 387 g/mol. The Labute approximate surface area is 167 Å². The number of hydrazine groups is 1. The van der Waals surface area contributed by atoms with Crippen molar-refractivity contribution in [2.24, 2.45) is 5.92 Å². The third kappa shape index (κ3) is 4.50. The Hall–Kier alpha value is -1.88. The molecule has 1 amide bonds. The molecule has 0 bridgehead atoms. The first-order chi connectivity index (χ1) is 13.9. The SMILES string of the molecule is O=C1NNCC(N2Cc3cccc(OCCN4CCNCC4)c3C2)C1C(F)(F)F. The molecule has 2 saturated heterocycles. The Kier molecular flexibility index (Phi) is 5.95. The molecule has 0 aliphatic carbocycles. The molecule has 0 radical (unpaired) electrons. The standard InChI is InChI=1S/C19H26F3N5O2/c20-19(21,22)17-15(10-24-25-18(17)28)27-11-13-2-1-3-16(14(13)12-27)29-9-8-26-6-4-23-5-7-26/h1-3,15,17,23-24H,4-12H2,(H,25,28). The van der Waals surface area contributed by atoms with Gasteiger partial charge in [0.2, 0.25) is 5.91 Å². The number of benzene rings is 1. The first kappa shape index (κ1) is 20.4. The highest BCUT2D eigenvalue weighted by atomic mass is 19.4. The van der Waals surface area contributed by atoms with Crippen molar-refractivity contribution in [1.82, 2.24) is 26.0 Å². The van der Waals surface area contributed by atoms with Crippen molar-refractivity contribution in [2.45, 2.75) is 25.3 Å². The van der Waals surface area contributed by atoms with E-state index in [9.17, 15) is 18.0 Å². The highest BCUT2D eigenvalue weighted by Crippen LogP contribution is 2.38. The van der Waals surface area contributed by atoms with Gasteiger partial charge in [0.15, 0.2) is 5.92 Å². The summed E-state index contributed by atoms with van der Waals surface area (Å²) in [5.74, 6) is -2.36. The van der Waals surface area contributed by atoms with E-state index in [1.54, 1.807) is 4.90 Å². The first-order valence-electron chi connectivity index (χ1n) is 9.93. The average molecular weight is 413 g/mol. The Morgan fingerprint density at radius 1 is 1.17 bits per heavy atom. The molecule has 3 aliphatic rings. The molecule has 7 nitrogen and oxygen atoms in total. The number of ether oxygens (including phenoxy) is 1. The van der Waals surface area contributed by atoms with Crippen LogP contribution in [0.2, 0.25) is 0 Å². The van der Waals surface area contributed by atoms with Crippen LogP contribution in [0.1, 0.15) is 11.1 Å². The number of piperazine rings is 1. The van der Waals surface area contributed by atoms with Gasteiger partial charge in [0.05, 0.1) is 0 Å². The molecule has 0 saturated carbocycles. The number of carbonyl (C=O) groups excluding carboxylic acids is 1. The zero-order chi connectivity index (χ0) is 20.4. The second-order valence-corrected chi connectivity index (χ2v) is 7.70. The molecule has 3 N–H and O–H groups in total. The molecule has 0 spiro atoms. The van der Waals surface area contributed by atoms with Gasteiger partial charge in [-0.15, -0.1) is 0 Å². The Morgan fingerprint density at radius 2 is 1.97 bits per heavy atom. The van der Waals surface area contributed by atoms with Crippen LogP contribution in [-0.2, 0) is 17.9 Å². The van der Waals surface area contributed by atoms with Crippen molar-refractivity contribution in [3.8, 4) is 5.75 Å². The van der Waals surface area contributed by atoms with Gasteiger partial charge in [-0.3, -0.25) is 20.0 Å². The van der Waals surface area contributed by atoms with Gasteiger partial charge < -0.3 is 10.1 Å². The highest BCUT2D eigenvalue weighted by Gasteiger charge is 2.53. The average Bonchev–Trinajstić information content (AvgIpc) is 3.13. The van der Waals surface area contributed by atoms with Crippen molar-refractivity contribution in [2.75, 3.05) is 45.9 Å². The van der Waals surface area contributed by atoms with Crippen LogP contribution in [0.3, 0.4) is 0 Å². The van der Waals surface area contributed by atoms with Crippen molar-refractivity contribution >= 4 is 5.91 Å². The van der Waals surface area contributed by atoms with E-state index >= 15 is 0 Å². The lowest BCUT2D eigenvalue weighted by Crippen LogP contribution is -2.63. The number of carbonyl (C=O) groups is 1. The second-order valence-electron chi connectivity index (χ2n) is 7.70. The molecule has 10 heteroatoms. The van der Waals surface area contributed by atoms with Crippen molar-refractivity contribution in [3.05, 3.63) is 29.3 Å². The normalized spacial score (nSPS) is 26.2. The van der Waals surface area contributed by atoms with Crippen LogP contribution >= 0.6 is 0 Å². The zero-order valence-corrected chi connectivity index (χ0v) is 16.1. The van der Waals surface area contributed by atoms with Crippen LogP contribution < -0.4 is 20.9 Å². The number of nitrogens with one attached hydrogen (secondary N) is 3. The number of rotatable bonds is 5. The maximum absolute atomic E-state index is 13.5. The molecule has 2 atom stereocenters. The van der Waals surface area contributed by atoms with Gasteiger partial charge in [-0.1, -0.05) is 12.1 Å². The van der Waals surface area contributed by atoms with E-state index in [0.29, 0.717) is 19.7 Å². The predicted octanol–water partition coefficient (Wildman–Crippen LogP) is 0.468. The number of alkyl halides is 3. The monoisotopic (exact) mass is 413 g/mol. The van der Waals surface area contributed by atoms with E-state index in [0.717, 1.165) is 49.6 Å². The predicted molar refractivity (Wildman–Crippen MR) is 100.0 cm³/mol. The molecule has 2 unspecified atom stereocenters. The topological polar surface area (TPSA) is 68.9 Å². The van der Waals surface area contributed by atoms with E-state index in [1.165, 1.54) is 0 Å². The molecule has 1 aromatic rings. The summed E-state index contributed by atoms with van der Waals surface area (Å²) in [6.07, 6.45) is -4.59.